The van der Waals surface area contributed by atoms with Gasteiger partial charge in [-0.15, -0.1) is 12.4 Å². The summed E-state index contributed by atoms with van der Waals surface area (Å²) >= 11 is 0. The SMILES string of the molecule is CCC(=O)N1CCCCC1C(=O)N1CCC(CNC)C1.Cl. The Morgan fingerprint density at radius 2 is 1.95 bits per heavy atom. The molecule has 2 rings (SSSR count). The molecule has 2 heterocycles. The zero-order valence-corrected chi connectivity index (χ0v) is 14.0. The number of rotatable bonds is 4. The van der Waals surface area contributed by atoms with Gasteiger partial charge in [-0.05, 0) is 45.2 Å². The molecule has 2 aliphatic heterocycles. The van der Waals surface area contributed by atoms with Crippen molar-refractivity contribution in [2.75, 3.05) is 33.2 Å². The van der Waals surface area contributed by atoms with Crippen molar-refractivity contribution in [2.45, 2.75) is 45.1 Å². The number of amides is 2. The van der Waals surface area contributed by atoms with Crippen LogP contribution in [0, 0.1) is 5.92 Å². The summed E-state index contributed by atoms with van der Waals surface area (Å²) in [7, 11) is 1.95. The molecule has 0 aromatic carbocycles. The normalized spacial score (nSPS) is 25.6. The lowest BCUT2D eigenvalue weighted by atomic mass is 10.0. The molecule has 0 bridgehead atoms. The number of hydrogen-bond acceptors (Lipinski definition) is 3. The second-order valence-corrected chi connectivity index (χ2v) is 5.95. The largest absolute Gasteiger partial charge is 0.341 e. The van der Waals surface area contributed by atoms with E-state index in [0.717, 1.165) is 51.9 Å². The van der Waals surface area contributed by atoms with Gasteiger partial charge in [0.2, 0.25) is 11.8 Å². The molecule has 2 unspecified atom stereocenters. The van der Waals surface area contributed by atoms with E-state index in [1.807, 2.05) is 23.8 Å². The second-order valence-electron chi connectivity index (χ2n) is 5.95. The summed E-state index contributed by atoms with van der Waals surface area (Å²) in [5, 5.41) is 3.18. The van der Waals surface area contributed by atoms with E-state index in [1.165, 1.54) is 0 Å². The van der Waals surface area contributed by atoms with E-state index in [9.17, 15) is 9.59 Å². The van der Waals surface area contributed by atoms with Crippen molar-refractivity contribution in [3.8, 4) is 0 Å². The predicted molar refractivity (Wildman–Crippen MR) is 85.5 cm³/mol. The fourth-order valence-corrected chi connectivity index (χ4v) is 3.39. The van der Waals surface area contributed by atoms with Crippen LogP contribution in [0.3, 0.4) is 0 Å². The molecular weight excluding hydrogens is 290 g/mol. The molecule has 0 aromatic rings. The smallest absolute Gasteiger partial charge is 0.245 e. The number of likely N-dealkylation sites (tertiary alicyclic amines) is 2. The van der Waals surface area contributed by atoms with Gasteiger partial charge in [-0.3, -0.25) is 9.59 Å². The first kappa shape index (κ1) is 18.2. The van der Waals surface area contributed by atoms with Crippen LogP contribution in [-0.4, -0.2) is 60.9 Å². The van der Waals surface area contributed by atoms with E-state index in [2.05, 4.69) is 5.32 Å². The highest BCUT2D eigenvalue weighted by molar-refractivity contribution is 5.88. The van der Waals surface area contributed by atoms with Crippen molar-refractivity contribution >= 4 is 24.2 Å². The van der Waals surface area contributed by atoms with Gasteiger partial charge in [0.05, 0.1) is 0 Å². The number of hydrogen-bond donors (Lipinski definition) is 1. The lowest BCUT2D eigenvalue weighted by Crippen LogP contribution is -2.52. The van der Waals surface area contributed by atoms with Crippen molar-refractivity contribution in [1.82, 2.24) is 15.1 Å². The van der Waals surface area contributed by atoms with Gasteiger partial charge >= 0.3 is 0 Å². The molecule has 0 radical (unpaired) electrons. The Kier molecular flexibility index (Phi) is 7.46. The third-order valence-electron chi connectivity index (χ3n) is 4.50. The molecule has 1 N–H and O–H groups in total. The van der Waals surface area contributed by atoms with Gasteiger partial charge in [-0.25, -0.2) is 0 Å². The van der Waals surface area contributed by atoms with Crippen LogP contribution in [0.2, 0.25) is 0 Å². The maximum absolute atomic E-state index is 12.7. The number of nitrogens with zero attached hydrogens (tertiary/aromatic N) is 2. The fourth-order valence-electron chi connectivity index (χ4n) is 3.39. The molecule has 2 aliphatic rings. The lowest BCUT2D eigenvalue weighted by Gasteiger charge is -2.36. The Morgan fingerprint density at radius 1 is 1.19 bits per heavy atom. The van der Waals surface area contributed by atoms with E-state index in [1.54, 1.807) is 0 Å². The van der Waals surface area contributed by atoms with Gasteiger partial charge in [0.25, 0.3) is 0 Å². The molecule has 0 saturated carbocycles. The number of piperidine rings is 1. The Hall–Kier alpha value is -0.810. The molecule has 5 nitrogen and oxygen atoms in total. The highest BCUT2D eigenvalue weighted by Gasteiger charge is 2.36. The van der Waals surface area contributed by atoms with E-state index in [4.69, 9.17) is 0 Å². The quantitative estimate of drug-likeness (QED) is 0.849. The van der Waals surface area contributed by atoms with Crippen LogP contribution in [0.25, 0.3) is 0 Å². The van der Waals surface area contributed by atoms with Crippen LogP contribution < -0.4 is 5.32 Å². The topological polar surface area (TPSA) is 52.7 Å². The summed E-state index contributed by atoms with van der Waals surface area (Å²) in [5.74, 6) is 0.849. The van der Waals surface area contributed by atoms with E-state index < -0.39 is 0 Å². The molecule has 2 atom stereocenters. The van der Waals surface area contributed by atoms with Crippen LogP contribution in [-0.2, 0) is 9.59 Å². The summed E-state index contributed by atoms with van der Waals surface area (Å²) in [6, 6.07) is -0.204. The summed E-state index contributed by atoms with van der Waals surface area (Å²) in [6.45, 7) is 5.26. The standard InChI is InChI=1S/C15H27N3O2.ClH/c1-3-14(19)18-8-5-4-6-13(18)15(20)17-9-7-12(11-17)10-16-2;/h12-13,16H,3-11H2,1-2H3;1H. The second kappa shape index (κ2) is 8.59. The van der Waals surface area contributed by atoms with Crippen LogP contribution >= 0.6 is 12.4 Å². The highest BCUT2D eigenvalue weighted by atomic mass is 35.5. The molecular formula is C15H28ClN3O2. The zero-order chi connectivity index (χ0) is 14.5. The van der Waals surface area contributed by atoms with Crippen molar-refractivity contribution in [2.24, 2.45) is 5.92 Å². The molecule has 2 fully saturated rings. The Bertz CT molecular complexity index is 365. The minimum Gasteiger partial charge on any atom is -0.341 e. The maximum atomic E-state index is 12.7. The monoisotopic (exact) mass is 317 g/mol. The van der Waals surface area contributed by atoms with E-state index in [-0.39, 0.29) is 30.3 Å². The Morgan fingerprint density at radius 3 is 2.62 bits per heavy atom. The summed E-state index contributed by atoms with van der Waals surface area (Å²) in [5.41, 5.74) is 0. The highest BCUT2D eigenvalue weighted by Crippen LogP contribution is 2.23. The van der Waals surface area contributed by atoms with Crippen LogP contribution in [0.4, 0.5) is 0 Å². The molecule has 2 saturated heterocycles. The molecule has 2 amide bonds. The number of halogens is 1. The van der Waals surface area contributed by atoms with Crippen LogP contribution in [0.15, 0.2) is 0 Å². The lowest BCUT2D eigenvalue weighted by molar-refractivity contribution is -0.147. The third-order valence-corrected chi connectivity index (χ3v) is 4.50. The van der Waals surface area contributed by atoms with Gasteiger partial charge in [-0.1, -0.05) is 6.92 Å². The fraction of sp³-hybridized carbons (Fsp3) is 0.867. The average Bonchev–Trinajstić information content (AvgIpc) is 2.94. The van der Waals surface area contributed by atoms with Crippen LogP contribution in [0.5, 0.6) is 0 Å². The molecule has 0 aromatic heterocycles. The summed E-state index contributed by atoms with van der Waals surface area (Å²) < 4.78 is 0. The first-order valence-electron chi connectivity index (χ1n) is 7.90. The Balaban J connectivity index is 0.00000220. The minimum atomic E-state index is -0.204. The van der Waals surface area contributed by atoms with Crippen molar-refractivity contribution in [3.63, 3.8) is 0 Å². The van der Waals surface area contributed by atoms with Gasteiger partial charge in [0.15, 0.2) is 0 Å². The van der Waals surface area contributed by atoms with Crippen molar-refractivity contribution < 1.29 is 9.59 Å². The maximum Gasteiger partial charge on any atom is 0.245 e. The number of carbonyl (C=O) groups excluding carboxylic acids is 2. The summed E-state index contributed by atoms with van der Waals surface area (Å²) in [6.07, 6.45) is 4.47. The Labute approximate surface area is 133 Å². The first-order chi connectivity index (χ1) is 9.67. The average molecular weight is 318 g/mol. The van der Waals surface area contributed by atoms with Crippen molar-refractivity contribution in [1.29, 1.82) is 0 Å². The molecule has 0 spiro atoms. The molecule has 21 heavy (non-hydrogen) atoms. The predicted octanol–water partition coefficient (Wildman–Crippen LogP) is 1.27. The molecule has 122 valence electrons. The third kappa shape index (κ3) is 4.33. The van der Waals surface area contributed by atoms with E-state index in [0.29, 0.717) is 12.3 Å². The van der Waals surface area contributed by atoms with Gasteiger partial charge in [0, 0.05) is 26.1 Å². The van der Waals surface area contributed by atoms with Gasteiger partial charge < -0.3 is 15.1 Å². The van der Waals surface area contributed by atoms with Gasteiger partial charge in [0.1, 0.15) is 6.04 Å². The van der Waals surface area contributed by atoms with E-state index >= 15 is 0 Å². The molecule has 0 aliphatic carbocycles. The first-order valence-corrected chi connectivity index (χ1v) is 7.90. The van der Waals surface area contributed by atoms with Gasteiger partial charge in [-0.2, -0.15) is 0 Å². The summed E-state index contributed by atoms with van der Waals surface area (Å²) in [4.78, 5) is 28.5. The zero-order valence-electron chi connectivity index (χ0n) is 13.1. The minimum absolute atomic E-state index is 0. The molecule has 6 heteroatoms. The van der Waals surface area contributed by atoms with Crippen LogP contribution in [0.1, 0.15) is 39.0 Å². The number of carbonyl (C=O) groups is 2. The van der Waals surface area contributed by atoms with Crippen molar-refractivity contribution in [3.05, 3.63) is 0 Å². The number of nitrogens with one attached hydrogen (secondary N) is 1.